The van der Waals surface area contributed by atoms with E-state index < -0.39 is 4.92 Å². The van der Waals surface area contributed by atoms with E-state index in [1.165, 1.54) is 5.56 Å². The van der Waals surface area contributed by atoms with E-state index in [9.17, 15) is 14.9 Å². The molecule has 2 heterocycles. The van der Waals surface area contributed by atoms with Crippen molar-refractivity contribution in [3.05, 3.63) is 91.7 Å². The van der Waals surface area contributed by atoms with Gasteiger partial charge in [0.2, 0.25) is 0 Å². The average molecular weight is 468 g/mol. The Labute approximate surface area is 197 Å². The van der Waals surface area contributed by atoms with Crippen LogP contribution >= 0.6 is 11.6 Å². The number of halogens is 1. The van der Waals surface area contributed by atoms with Crippen molar-refractivity contribution in [3.8, 4) is 0 Å². The van der Waals surface area contributed by atoms with Crippen molar-refractivity contribution < 1.29 is 9.72 Å². The quantitative estimate of drug-likeness (QED) is 0.403. The molecule has 33 heavy (non-hydrogen) atoms. The van der Waals surface area contributed by atoms with E-state index in [1.807, 2.05) is 53.4 Å². The second-order valence-electron chi connectivity index (χ2n) is 8.33. The van der Waals surface area contributed by atoms with Crippen LogP contribution in [0.5, 0.6) is 0 Å². The Hall–Kier alpha value is -3.23. The van der Waals surface area contributed by atoms with Gasteiger partial charge in [-0.25, -0.2) is 0 Å². The Bertz CT molecular complexity index is 1170. The van der Waals surface area contributed by atoms with Crippen LogP contribution < -0.4 is 0 Å². The highest BCUT2D eigenvalue weighted by atomic mass is 35.5. The number of benzene rings is 2. The van der Waals surface area contributed by atoms with Crippen molar-refractivity contribution in [2.45, 2.75) is 26.9 Å². The molecule has 0 N–H and O–H groups in total. The first-order valence-corrected chi connectivity index (χ1v) is 11.2. The summed E-state index contributed by atoms with van der Waals surface area (Å²) < 4.78 is 1.62. The van der Waals surface area contributed by atoms with Crippen LogP contribution in [-0.2, 0) is 13.1 Å². The maximum atomic E-state index is 13.1. The monoisotopic (exact) mass is 467 g/mol. The summed E-state index contributed by atoms with van der Waals surface area (Å²) in [6, 6.07) is 15.3. The summed E-state index contributed by atoms with van der Waals surface area (Å²) in [5.41, 5.74) is 3.64. The van der Waals surface area contributed by atoms with Crippen molar-refractivity contribution in [2.24, 2.45) is 0 Å². The fraction of sp³-hybridized carbons (Fsp3) is 0.333. The molecular formula is C24H26ClN5O3. The molecule has 0 saturated carbocycles. The number of carbonyl (C=O) groups excluding carboxylic acids is 1. The van der Waals surface area contributed by atoms with E-state index in [-0.39, 0.29) is 11.6 Å². The van der Waals surface area contributed by atoms with Gasteiger partial charge in [0.05, 0.1) is 11.5 Å². The molecule has 1 saturated heterocycles. The molecule has 0 spiro atoms. The summed E-state index contributed by atoms with van der Waals surface area (Å²) in [7, 11) is 0. The Balaban J connectivity index is 1.39. The molecular weight excluding hydrogens is 442 g/mol. The zero-order valence-electron chi connectivity index (χ0n) is 18.7. The molecule has 172 valence electrons. The van der Waals surface area contributed by atoms with Crippen molar-refractivity contribution in [3.63, 3.8) is 0 Å². The number of rotatable bonds is 6. The zero-order chi connectivity index (χ0) is 23.5. The lowest BCUT2D eigenvalue weighted by atomic mass is 10.1. The number of nitro groups is 1. The van der Waals surface area contributed by atoms with E-state index in [0.29, 0.717) is 36.6 Å². The Morgan fingerprint density at radius 3 is 2.36 bits per heavy atom. The Morgan fingerprint density at radius 1 is 1.03 bits per heavy atom. The first-order valence-electron chi connectivity index (χ1n) is 10.8. The van der Waals surface area contributed by atoms with Crippen molar-refractivity contribution >= 4 is 23.2 Å². The van der Waals surface area contributed by atoms with Gasteiger partial charge in [0.1, 0.15) is 11.4 Å². The minimum absolute atomic E-state index is 0.00217. The minimum Gasteiger partial charge on any atom is -0.336 e. The third-order valence-corrected chi connectivity index (χ3v) is 6.26. The molecule has 2 aromatic carbocycles. The molecule has 8 nitrogen and oxygen atoms in total. The van der Waals surface area contributed by atoms with Crippen LogP contribution in [0.4, 0.5) is 5.69 Å². The summed E-state index contributed by atoms with van der Waals surface area (Å²) in [4.78, 5) is 28.2. The average Bonchev–Trinajstić information content (AvgIpc) is 3.08. The molecule has 0 bridgehead atoms. The van der Waals surface area contributed by atoms with Gasteiger partial charge in [-0.05, 0) is 49.2 Å². The first-order chi connectivity index (χ1) is 15.8. The fourth-order valence-electron chi connectivity index (χ4n) is 4.22. The molecule has 3 aromatic rings. The normalized spacial score (nSPS) is 14.5. The smallest absolute Gasteiger partial charge is 0.312 e. The summed E-state index contributed by atoms with van der Waals surface area (Å²) in [5.74, 6) is 0.00217. The number of nitrogens with zero attached hydrogens (tertiary/aromatic N) is 5. The van der Waals surface area contributed by atoms with E-state index in [1.54, 1.807) is 18.5 Å². The van der Waals surface area contributed by atoms with Gasteiger partial charge >= 0.3 is 5.69 Å². The number of aromatic nitrogens is 2. The number of aryl methyl sites for hydroxylation is 1. The predicted molar refractivity (Wildman–Crippen MR) is 127 cm³/mol. The second-order valence-corrected chi connectivity index (χ2v) is 8.77. The van der Waals surface area contributed by atoms with Gasteiger partial charge in [0.15, 0.2) is 0 Å². The summed E-state index contributed by atoms with van der Waals surface area (Å²) in [6.45, 7) is 7.48. The van der Waals surface area contributed by atoms with Crippen molar-refractivity contribution in [2.75, 3.05) is 26.2 Å². The van der Waals surface area contributed by atoms with Gasteiger partial charge in [-0.1, -0.05) is 35.9 Å². The first kappa shape index (κ1) is 22.9. The SMILES string of the molecule is Cc1nn(Cc2cccc(C(=O)N3CCN(Cc4ccc(Cl)cc4)CC3)c2)c(C)c1[N+](=O)[O-]. The van der Waals surface area contributed by atoms with Gasteiger partial charge < -0.3 is 4.90 Å². The highest BCUT2D eigenvalue weighted by Crippen LogP contribution is 2.23. The van der Waals surface area contributed by atoms with Gasteiger partial charge in [-0.2, -0.15) is 5.10 Å². The lowest BCUT2D eigenvalue weighted by Gasteiger charge is -2.34. The molecule has 1 aliphatic heterocycles. The number of carbonyl (C=O) groups is 1. The number of hydrogen-bond donors (Lipinski definition) is 0. The largest absolute Gasteiger partial charge is 0.336 e. The van der Waals surface area contributed by atoms with E-state index in [2.05, 4.69) is 10.00 Å². The zero-order valence-corrected chi connectivity index (χ0v) is 19.5. The van der Waals surface area contributed by atoms with Crippen molar-refractivity contribution in [1.29, 1.82) is 0 Å². The molecule has 4 rings (SSSR count). The highest BCUT2D eigenvalue weighted by Gasteiger charge is 2.24. The van der Waals surface area contributed by atoms with E-state index in [0.717, 1.165) is 30.2 Å². The standard InChI is InChI=1S/C24H26ClN5O3/c1-17-23(30(32)33)18(2)29(26-17)16-20-4-3-5-21(14-20)24(31)28-12-10-27(11-13-28)15-19-6-8-22(25)9-7-19/h3-9,14H,10-13,15-16H2,1-2H3. The van der Waals surface area contributed by atoms with Crippen LogP contribution in [0, 0.1) is 24.0 Å². The predicted octanol–water partition coefficient (Wildman–Crippen LogP) is 4.07. The van der Waals surface area contributed by atoms with Crippen LogP contribution in [-0.4, -0.2) is 56.6 Å². The third-order valence-electron chi connectivity index (χ3n) is 6.01. The number of piperazine rings is 1. The molecule has 1 amide bonds. The van der Waals surface area contributed by atoms with Gasteiger partial charge in [-0.15, -0.1) is 0 Å². The summed E-state index contributed by atoms with van der Waals surface area (Å²) >= 11 is 5.96. The molecule has 0 radical (unpaired) electrons. The van der Waals surface area contributed by atoms with Crippen molar-refractivity contribution in [1.82, 2.24) is 19.6 Å². The highest BCUT2D eigenvalue weighted by molar-refractivity contribution is 6.30. The molecule has 0 atom stereocenters. The molecule has 0 unspecified atom stereocenters. The molecule has 1 aliphatic rings. The van der Waals surface area contributed by atoms with Crippen LogP contribution in [0.3, 0.4) is 0 Å². The maximum Gasteiger partial charge on any atom is 0.312 e. The van der Waals surface area contributed by atoms with Crippen LogP contribution in [0.1, 0.15) is 32.9 Å². The second kappa shape index (κ2) is 9.72. The molecule has 1 aromatic heterocycles. The molecule has 1 fully saturated rings. The van der Waals surface area contributed by atoms with Gasteiger partial charge in [-0.3, -0.25) is 24.5 Å². The number of hydrogen-bond acceptors (Lipinski definition) is 5. The van der Waals surface area contributed by atoms with Gasteiger partial charge in [0, 0.05) is 43.3 Å². The Kier molecular flexibility index (Phi) is 6.76. The lowest BCUT2D eigenvalue weighted by Crippen LogP contribution is -2.48. The summed E-state index contributed by atoms with van der Waals surface area (Å²) in [5, 5.41) is 16.3. The molecule has 9 heteroatoms. The molecule has 0 aliphatic carbocycles. The fourth-order valence-corrected chi connectivity index (χ4v) is 4.35. The Morgan fingerprint density at radius 2 is 1.73 bits per heavy atom. The summed E-state index contributed by atoms with van der Waals surface area (Å²) in [6.07, 6.45) is 0. The van der Waals surface area contributed by atoms with Crippen LogP contribution in [0.15, 0.2) is 48.5 Å². The lowest BCUT2D eigenvalue weighted by molar-refractivity contribution is -0.386. The van der Waals surface area contributed by atoms with E-state index in [4.69, 9.17) is 11.6 Å². The van der Waals surface area contributed by atoms with Gasteiger partial charge in [0.25, 0.3) is 5.91 Å². The maximum absolute atomic E-state index is 13.1. The third kappa shape index (κ3) is 5.23. The number of amides is 1. The van der Waals surface area contributed by atoms with Crippen LogP contribution in [0.2, 0.25) is 5.02 Å². The van der Waals surface area contributed by atoms with E-state index >= 15 is 0 Å². The minimum atomic E-state index is -0.402. The topological polar surface area (TPSA) is 84.5 Å². The van der Waals surface area contributed by atoms with Crippen LogP contribution in [0.25, 0.3) is 0 Å².